The fraction of sp³-hybridized carbons (Fsp3) is 0.889. The van der Waals surface area contributed by atoms with Crippen LogP contribution in [0, 0.1) is 0 Å². The molecule has 2 rings (SSSR count). The van der Waals surface area contributed by atoms with Gasteiger partial charge in [0.1, 0.15) is 0 Å². The molecule has 0 bridgehead atoms. The van der Waals surface area contributed by atoms with Crippen molar-refractivity contribution in [2.45, 2.75) is 38.1 Å². The minimum atomic E-state index is 0.0295. The van der Waals surface area contributed by atoms with Crippen molar-refractivity contribution in [3.05, 3.63) is 0 Å². The number of carbonyl (C=O) groups excluding carboxylic acids is 1. The van der Waals surface area contributed by atoms with E-state index in [1.807, 2.05) is 4.90 Å². The normalized spacial score (nSPS) is 26.0. The van der Waals surface area contributed by atoms with Crippen LogP contribution in [0.5, 0.6) is 0 Å². The third-order valence-electron chi connectivity index (χ3n) is 2.85. The van der Waals surface area contributed by atoms with Crippen molar-refractivity contribution in [3.63, 3.8) is 0 Å². The summed E-state index contributed by atoms with van der Waals surface area (Å²) in [4.78, 5) is 13.2. The van der Waals surface area contributed by atoms with Gasteiger partial charge in [-0.15, -0.1) is 0 Å². The summed E-state index contributed by atoms with van der Waals surface area (Å²) in [5, 5.41) is 3.88. The Labute approximate surface area is 73.1 Å². The molecule has 3 nitrogen and oxygen atoms in total. The number of carbonyl (C=O) groups is 1. The minimum Gasteiger partial charge on any atom is -0.318 e. The van der Waals surface area contributed by atoms with Crippen LogP contribution >= 0.6 is 0 Å². The lowest BCUT2D eigenvalue weighted by molar-refractivity contribution is 0.179. The van der Waals surface area contributed by atoms with E-state index >= 15 is 0 Å². The maximum atomic E-state index is 11.2. The molecule has 0 aromatic carbocycles. The fourth-order valence-electron chi connectivity index (χ4n) is 2.17. The van der Waals surface area contributed by atoms with Gasteiger partial charge in [-0.3, -0.25) is 0 Å². The van der Waals surface area contributed by atoms with E-state index in [9.17, 15) is 4.79 Å². The second-order valence-corrected chi connectivity index (χ2v) is 3.65. The van der Waals surface area contributed by atoms with Crippen molar-refractivity contribution >= 4 is 6.03 Å². The lowest BCUT2D eigenvalue weighted by Gasteiger charge is -2.29. The van der Waals surface area contributed by atoms with E-state index in [0.29, 0.717) is 6.04 Å². The molecule has 1 heterocycles. The standard InChI is InChI=1S/C9H15N2O/c12-9-10-6-7-11(9)8-4-2-1-3-5-8/h8H,1-7H2. The van der Waals surface area contributed by atoms with Gasteiger partial charge in [0, 0.05) is 12.6 Å². The van der Waals surface area contributed by atoms with Crippen molar-refractivity contribution in [1.82, 2.24) is 10.2 Å². The van der Waals surface area contributed by atoms with Crippen LogP contribution in [0.4, 0.5) is 4.79 Å². The van der Waals surface area contributed by atoms with Crippen LogP contribution < -0.4 is 5.32 Å². The van der Waals surface area contributed by atoms with Gasteiger partial charge in [-0.25, -0.2) is 10.1 Å². The van der Waals surface area contributed by atoms with Crippen molar-refractivity contribution in [2.24, 2.45) is 0 Å². The second-order valence-electron chi connectivity index (χ2n) is 3.65. The first-order valence-corrected chi connectivity index (χ1v) is 4.86. The molecule has 0 N–H and O–H groups in total. The summed E-state index contributed by atoms with van der Waals surface area (Å²) in [7, 11) is 0. The number of urea groups is 1. The molecule has 0 spiro atoms. The molecule has 0 aromatic heterocycles. The summed E-state index contributed by atoms with van der Waals surface area (Å²) in [6, 6.07) is 0.541. The van der Waals surface area contributed by atoms with E-state index in [4.69, 9.17) is 0 Å². The van der Waals surface area contributed by atoms with E-state index < -0.39 is 0 Å². The van der Waals surface area contributed by atoms with E-state index in [1.165, 1.54) is 32.1 Å². The molecule has 0 aromatic rings. The Balaban J connectivity index is 1.93. The lowest BCUT2D eigenvalue weighted by atomic mass is 9.94. The number of nitrogens with zero attached hydrogens (tertiary/aromatic N) is 2. The Hall–Kier alpha value is -0.730. The van der Waals surface area contributed by atoms with Gasteiger partial charge in [0.25, 0.3) is 0 Å². The van der Waals surface area contributed by atoms with Crippen LogP contribution in [0.2, 0.25) is 0 Å². The van der Waals surface area contributed by atoms with Gasteiger partial charge in [0.05, 0.1) is 6.54 Å². The Bertz CT molecular complexity index is 175. The van der Waals surface area contributed by atoms with Crippen molar-refractivity contribution < 1.29 is 4.79 Å². The van der Waals surface area contributed by atoms with Gasteiger partial charge in [-0.1, -0.05) is 19.3 Å². The Morgan fingerprint density at radius 1 is 1.25 bits per heavy atom. The number of rotatable bonds is 1. The zero-order valence-electron chi connectivity index (χ0n) is 7.33. The molecule has 3 heteroatoms. The first-order valence-electron chi connectivity index (χ1n) is 4.86. The van der Waals surface area contributed by atoms with Crippen LogP contribution in [-0.2, 0) is 0 Å². The van der Waals surface area contributed by atoms with Gasteiger partial charge in [0.2, 0.25) is 0 Å². The Morgan fingerprint density at radius 2 is 2.00 bits per heavy atom. The Kier molecular flexibility index (Phi) is 2.19. The van der Waals surface area contributed by atoms with E-state index in [1.54, 1.807) is 0 Å². The molecule has 2 aliphatic rings. The highest BCUT2D eigenvalue weighted by Gasteiger charge is 2.29. The number of amides is 2. The fourth-order valence-corrected chi connectivity index (χ4v) is 2.17. The molecule has 1 radical (unpaired) electrons. The van der Waals surface area contributed by atoms with Crippen LogP contribution in [0.3, 0.4) is 0 Å². The van der Waals surface area contributed by atoms with E-state index in [2.05, 4.69) is 5.32 Å². The van der Waals surface area contributed by atoms with Crippen LogP contribution in [0.25, 0.3) is 0 Å². The predicted molar refractivity (Wildman–Crippen MR) is 46.0 cm³/mol. The third kappa shape index (κ3) is 1.40. The van der Waals surface area contributed by atoms with Gasteiger partial charge in [0.15, 0.2) is 0 Å². The van der Waals surface area contributed by atoms with Gasteiger partial charge >= 0.3 is 6.03 Å². The van der Waals surface area contributed by atoms with Crippen molar-refractivity contribution in [1.29, 1.82) is 0 Å². The lowest BCUT2D eigenvalue weighted by Crippen LogP contribution is -2.38. The number of hydrogen-bond donors (Lipinski definition) is 0. The third-order valence-corrected chi connectivity index (χ3v) is 2.85. The first kappa shape index (κ1) is 7.90. The first-order chi connectivity index (χ1) is 5.88. The molecule has 1 aliphatic carbocycles. The van der Waals surface area contributed by atoms with Crippen LogP contribution in [0.1, 0.15) is 32.1 Å². The van der Waals surface area contributed by atoms with Gasteiger partial charge in [-0.2, -0.15) is 0 Å². The average Bonchev–Trinajstić information content (AvgIpc) is 2.53. The maximum Gasteiger partial charge on any atom is 0.339 e. The molecular formula is C9H15N2O. The van der Waals surface area contributed by atoms with Gasteiger partial charge in [-0.05, 0) is 12.8 Å². The molecule has 1 saturated carbocycles. The largest absolute Gasteiger partial charge is 0.339 e. The predicted octanol–water partition coefficient (Wildman–Crippen LogP) is 1.36. The summed E-state index contributed by atoms with van der Waals surface area (Å²) in [6.45, 7) is 1.58. The van der Waals surface area contributed by atoms with Crippen LogP contribution in [0.15, 0.2) is 0 Å². The summed E-state index contributed by atoms with van der Waals surface area (Å²) in [6.07, 6.45) is 6.31. The Morgan fingerprint density at radius 3 is 2.58 bits per heavy atom. The van der Waals surface area contributed by atoms with Crippen LogP contribution in [-0.4, -0.2) is 30.1 Å². The summed E-state index contributed by atoms with van der Waals surface area (Å²) in [5.41, 5.74) is 0. The molecule has 2 fully saturated rings. The molecule has 67 valence electrons. The molecule has 1 saturated heterocycles. The SMILES string of the molecule is O=C1[N]CCN1C1CCCCC1. The maximum absolute atomic E-state index is 11.2. The molecule has 0 unspecified atom stereocenters. The molecule has 0 atom stereocenters. The quantitative estimate of drug-likeness (QED) is 0.580. The molecule has 2 amide bonds. The highest BCUT2D eigenvalue weighted by Crippen LogP contribution is 2.23. The van der Waals surface area contributed by atoms with E-state index in [0.717, 1.165) is 13.1 Å². The zero-order chi connectivity index (χ0) is 8.39. The van der Waals surface area contributed by atoms with Gasteiger partial charge < -0.3 is 4.90 Å². The van der Waals surface area contributed by atoms with E-state index in [-0.39, 0.29) is 6.03 Å². The summed E-state index contributed by atoms with van der Waals surface area (Å²) < 4.78 is 0. The van der Waals surface area contributed by atoms with Crippen molar-refractivity contribution in [2.75, 3.05) is 13.1 Å². The second kappa shape index (κ2) is 3.33. The monoisotopic (exact) mass is 167 g/mol. The van der Waals surface area contributed by atoms with Crippen molar-refractivity contribution in [3.8, 4) is 0 Å². The average molecular weight is 167 g/mol. The highest BCUT2D eigenvalue weighted by molar-refractivity contribution is 5.76. The number of hydrogen-bond acceptors (Lipinski definition) is 1. The summed E-state index contributed by atoms with van der Waals surface area (Å²) >= 11 is 0. The summed E-state index contributed by atoms with van der Waals surface area (Å²) in [5.74, 6) is 0. The highest BCUT2D eigenvalue weighted by atomic mass is 16.2. The minimum absolute atomic E-state index is 0.0295. The molecule has 1 aliphatic heterocycles. The topological polar surface area (TPSA) is 34.4 Å². The zero-order valence-corrected chi connectivity index (χ0v) is 7.33. The molecule has 12 heavy (non-hydrogen) atoms. The smallest absolute Gasteiger partial charge is 0.318 e. The molecular weight excluding hydrogens is 152 g/mol.